The lowest BCUT2D eigenvalue weighted by molar-refractivity contribution is -0.142. The maximum absolute atomic E-state index is 11.1. The van der Waals surface area contributed by atoms with Gasteiger partial charge in [-0.1, -0.05) is 12.1 Å². The fourth-order valence-electron chi connectivity index (χ4n) is 1.07. The summed E-state index contributed by atoms with van der Waals surface area (Å²) in [4.78, 5) is 22.6. The van der Waals surface area contributed by atoms with Gasteiger partial charge >= 0.3 is 5.97 Å². The third-order valence-corrected chi connectivity index (χ3v) is 2.63. The highest BCUT2D eigenvalue weighted by molar-refractivity contribution is 7.98. The van der Waals surface area contributed by atoms with E-state index in [9.17, 15) is 9.59 Å². The molecule has 1 amide bonds. The van der Waals surface area contributed by atoms with Crippen molar-refractivity contribution in [3.63, 3.8) is 0 Å². The first-order valence-corrected chi connectivity index (χ1v) is 6.11. The number of benzene rings is 1. The smallest absolute Gasteiger partial charge is 0.331 e. The van der Waals surface area contributed by atoms with Crippen molar-refractivity contribution in [2.75, 3.05) is 12.9 Å². The van der Waals surface area contributed by atoms with Crippen LogP contribution in [0, 0.1) is 0 Å². The van der Waals surface area contributed by atoms with Crippen LogP contribution in [0.3, 0.4) is 0 Å². The summed E-state index contributed by atoms with van der Waals surface area (Å²) < 4.78 is 4.57. The molecule has 1 aromatic rings. The summed E-state index contributed by atoms with van der Waals surface area (Å²) in [7, 11) is 0. The molecule has 1 aromatic carbocycles. The Hall–Kier alpha value is -1.75. The van der Waals surface area contributed by atoms with Crippen molar-refractivity contribution >= 4 is 29.7 Å². The molecule has 0 aliphatic heterocycles. The first-order chi connectivity index (χ1) is 8.11. The quantitative estimate of drug-likeness (QED) is 0.488. The Bertz CT molecular complexity index is 426. The summed E-state index contributed by atoms with van der Waals surface area (Å²) in [5, 5.41) is 0. The topological polar surface area (TPSA) is 69.4 Å². The molecule has 0 bridgehead atoms. The number of nitrogens with two attached hydrogens (primary N) is 1. The summed E-state index contributed by atoms with van der Waals surface area (Å²) >= 11 is 1.65. The van der Waals surface area contributed by atoms with E-state index in [0.717, 1.165) is 10.5 Å². The second-order valence-electron chi connectivity index (χ2n) is 3.18. The number of primary amides is 1. The first-order valence-electron chi connectivity index (χ1n) is 4.89. The van der Waals surface area contributed by atoms with Crippen LogP contribution in [-0.2, 0) is 14.3 Å². The molecule has 0 unspecified atom stereocenters. The van der Waals surface area contributed by atoms with Crippen molar-refractivity contribution in [3.8, 4) is 0 Å². The zero-order valence-electron chi connectivity index (χ0n) is 9.38. The van der Waals surface area contributed by atoms with E-state index in [1.807, 2.05) is 30.5 Å². The van der Waals surface area contributed by atoms with E-state index >= 15 is 0 Å². The molecular weight excluding hydrogens is 238 g/mol. The molecule has 17 heavy (non-hydrogen) atoms. The predicted molar refractivity (Wildman–Crippen MR) is 67.4 cm³/mol. The number of carbonyl (C=O) groups excluding carboxylic acids is 2. The van der Waals surface area contributed by atoms with Crippen LogP contribution < -0.4 is 5.73 Å². The monoisotopic (exact) mass is 251 g/mol. The average Bonchev–Trinajstić information content (AvgIpc) is 2.34. The van der Waals surface area contributed by atoms with Gasteiger partial charge in [0.2, 0.25) is 0 Å². The number of hydrogen-bond donors (Lipinski definition) is 1. The molecule has 0 spiro atoms. The van der Waals surface area contributed by atoms with E-state index in [1.165, 1.54) is 6.08 Å². The Labute approximate surface area is 104 Å². The molecule has 0 aliphatic carbocycles. The number of rotatable bonds is 5. The van der Waals surface area contributed by atoms with Crippen LogP contribution in [0.5, 0.6) is 0 Å². The molecule has 0 aromatic heterocycles. The summed E-state index contributed by atoms with van der Waals surface area (Å²) in [6.45, 7) is -0.394. The Kier molecular flexibility index (Phi) is 5.29. The molecule has 5 heteroatoms. The number of esters is 1. The Morgan fingerprint density at radius 1 is 1.35 bits per heavy atom. The van der Waals surface area contributed by atoms with Crippen LogP contribution >= 0.6 is 11.8 Å². The molecule has 0 fully saturated rings. The average molecular weight is 251 g/mol. The third kappa shape index (κ3) is 5.21. The molecule has 4 nitrogen and oxygen atoms in total. The highest BCUT2D eigenvalue weighted by atomic mass is 32.2. The van der Waals surface area contributed by atoms with Crippen molar-refractivity contribution in [2.45, 2.75) is 4.90 Å². The number of hydrogen-bond acceptors (Lipinski definition) is 4. The molecule has 90 valence electrons. The van der Waals surface area contributed by atoms with Gasteiger partial charge in [-0.2, -0.15) is 0 Å². The molecule has 0 aliphatic rings. The van der Waals surface area contributed by atoms with Gasteiger partial charge in [-0.05, 0) is 30.0 Å². The molecule has 1 rings (SSSR count). The SMILES string of the molecule is CSc1ccc(/C=C/C(=O)OCC(N)=O)cc1. The van der Waals surface area contributed by atoms with Crippen LogP contribution in [0.15, 0.2) is 35.2 Å². The Morgan fingerprint density at radius 2 is 2.00 bits per heavy atom. The second-order valence-corrected chi connectivity index (χ2v) is 4.06. The van der Waals surface area contributed by atoms with E-state index in [0.29, 0.717) is 0 Å². The van der Waals surface area contributed by atoms with Gasteiger partial charge in [-0.3, -0.25) is 4.79 Å². The van der Waals surface area contributed by atoms with Crippen LogP contribution in [0.25, 0.3) is 6.08 Å². The number of amides is 1. The zero-order valence-corrected chi connectivity index (χ0v) is 10.2. The van der Waals surface area contributed by atoms with Crippen LogP contribution in [0.4, 0.5) is 0 Å². The standard InChI is InChI=1S/C12H13NO3S/c1-17-10-5-2-9(3-6-10)4-7-12(15)16-8-11(13)14/h2-7H,8H2,1H3,(H2,13,14)/b7-4+. The minimum atomic E-state index is -0.670. The van der Waals surface area contributed by atoms with E-state index in [2.05, 4.69) is 4.74 Å². The zero-order chi connectivity index (χ0) is 12.7. The number of thioether (sulfide) groups is 1. The maximum atomic E-state index is 11.1. The summed E-state index contributed by atoms with van der Waals surface area (Å²) in [5.74, 6) is -1.26. The second kappa shape index (κ2) is 6.75. The van der Waals surface area contributed by atoms with Crippen molar-refractivity contribution in [3.05, 3.63) is 35.9 Å². The van der Waals surface area contributed by atoms with Crippen molar-refractivity contribution in [2.24, 2.45) is 5.73 Å². The Morgan fingerprint density at radius 3 is 2.53 bits per heavy atom. The fourth-order valence-corrected chi connectivity index (χ4v) is 1.48. The first kappa shape index (κ1) is 13.3. The Balaban J connectivity index is 2.51. The summed E-state index contributed by atoms with van der Waals surface area (Å²) in [6, 6.07) is 7.70. The van der Waals surface area contributed by atoms with Gasteiger partial charge in [0.05, 0.1) is 0 Å². The van der Waals surface area contributed by atoms with Gasteiger partial charge < -0.3 is 10.5 Å². The van der Waals surface area contributed by atoms with Crippen molar-refractivity contribution in [1.29, 1.82) is 0 Å². The van der Waals surface area contributed by atoms with Crippen LogP contribution in [0.1, 0.15) is 5.56 Å². The van der Waals surface area contributed by atoms with Gasteiger partial charge in [0, 0.05) is 11.0 Å². The highest BCUT2D eigenvalue weighted by Gasteiger charge is 1.99. The summed E-state index contributed by atoms with van der Waals surface area (Å²) in [5.41, 5.74) is 5.73. The van der Waals surface area contributed by atoms with Gasteiger partial charge in [0.1, 0.15) is 0 Å². The van der Waals surface area contributed by atoms with Gasteiger partial charge in [-0.25, -0.2) is 4.79 Å². The van der Waals surface area contributed by atoms with Gasteiger partial charge in [0.15, 0.2) is 6.61 Å². The third-order valence-electron chi connectivity index (χ3n) is 1.88. The lowest BCUT2D eigenvalue weighted by atomic mass is 10.2. The highest BCUT2D eigenvalue weighted by Crippen LogP contribution is 2.15. The normalized spacial score (nSPS) is 10.4. The fraction of sp³-hybridized carbons (Fsp3) is 0.167. The largest absolute Gasteiger partial charge is 0.452 e. The van der Waals surface area contributed by atoms with Crippen LogP contribution in [0.2, 0.25) is 0 Å². The molecule has 0 radical (unpaired) electrons. The minimum Gasteiger partial charge on any atom is -0.452 e. The van der Waals surface area contributed by atoms with E-state index in [1.54, 1.807) is 17.8 Å². The van der Waals surface area contributed by atoms with Crippen LogP contribution in [-0.4, -0.2) is 24.7 Å². The lowest BCUT2D eigenvalue weighted by Crippen LogP contribution is -2.19. The predicted octanol–water partition coefficient (Wildman–Crippen LogP) is 1.45. The molecule has 2 N–H and O–H groups in total. The van der Waals surface area contributed by atoms with E-state index in [4.69, 9.17) is 5.73 Å². The molecule has 0 heterocycles. The molecular formula is C12H13NO3S. The number of carbonyl (C=O) groups is 2. The van der Waals surface area contributed by atoms with E-state index < -0.39 is 18.5 Å². The molecule has 0 atom stereocenters. The lowest BCUT2D eigenvalue weighted by Gasteiger charge is -1.98. The molecule has 0 saturated carbocycles. The van der Waals surface area contributed by atoms with Gasteiger partial charge in [0.25, 0.3) is 5.91 Å². The van der Waals surface area contributed by atoms with E-state index in [-0.39, 0.29) is 0 Å². The number of ether oxygens (including phenoxy) is 1. The minimum absolute atomic E-state index is 0.394. The van der Waals surface area contributed by atoms with Gasteiger partial charge in [-0.15, -0.1) is 11.8 Å². The molecule has 0 saturated heterocycles. The van der Waals surface area contributed by atoms with Crippen molar-refractivity contribution < 1.29 is 14.3 Å². The summed E-state index contributed by atoms with van der Waals surface area (Å²) in [6.07, 6.45) is 4.87. The van der Waals surface area contributed by atoms with Crippen molar-refractivity contribution in [1.82, 2.24) is 0 Å². The maximum Gasteiger partial charge on any atom is 0.331 e.